The van der Waals surface area contributed by atoms with Crippen LogP contribution in [0.15, 0.2) is 61.2 Å². The molecule has 0 aliphatic heterocycles. The number of rotatable bonds is 7. The quantitative estimate of drug-likeness (QED) is 0.755. The summed E-state index contributed by atoms with van der Waals surface area (Å²) in [5.41, 5.74) is 3.38. The standard InChI is InChI=1S/C18H21NO/c1-2-15-8-10-16(11-9-15)12-13-19-14-18(20)17-6-4-3-5-7-17/h2-11,18-20H,1,12-14H2. The maximum absolute atomic E-state index is 10.0. The highest BCUT2D eigenvalue weighted by molar-refractivity contribution is 5.47. The molecule has 0 saturated carbocycles. The molecule has 2 rings (SSSR count). The van der Waals surface area contributed by atoms with Crippen molar-refractivity contribution in [3.8, 4) is 0 Å². The molecular formula is C18H21NO. The maximum atomic E-state index is 10.0. The van der Waals surface area contributed by atoms with E-state index in [2.05, 4.69) is 36.2 Å². The van der Waals surface area contributed by atoms with Gasteiger partial charge in [-0.05, 0) is 29.7 Å². The van der Waals surface area contributed by atoms with Crippen molar-refractivity contribution in [3.05, 3.63) is 77.9 Å². The van der Waals surface area contributed by atoms with E-state index in [9.17, 15) is 5.11 Å². The Morgan fingerprint density at radius 2 is 1.75 bits per heavy atom. The Kier molecular flexibility index (Phi) is 5.54. The minimum atomic E-state index is -0.445. The van der Waals surface area contributed by atoms with Gasteiger partial charge in [0.05, 0.1) is 6.10 Å². The second kappa shape index (κ2) is 7.63. The van der Waals surface area contributed by atoms with Crippen LogP contribution in [0.1, 0.15) is 22.8 Å². The van der Waals surface area contributed by atoms with E-state index in [4.69, 9.17) is 0 Å². The highest BCUT2D eigenvalue weighted by Gasteiger charge is 2.05. The first-order valence-corrected chi connectivity index (χ1v) is 6.94. The molecule has 0 fully saturated rings. The Balaban J connectivity index is 1.72. The van der Waals surface area contributed by atoms with E-state index in [0.717, 1.165) is 24.1 Å². The lowest BCUT2D eigenvalue weighted by Gasteiger charge is -2.12. The Morgan fingerprint density at radius 1 is 1.05 bits per heavy atom. The summed E-state index contributed by atoms with van der Waals surface area (Å²) in [7, 11) is 0. The van der Waals surface area contributed by atoms with Gasteiger partial charge in [0.25, 0.3) is 0 Å². The van der Waals surface area contributed by atoms with Crippen LogP contribution in [0.5, 0.6) is 0 Å². The van der Waals surface area contributed by atoms with Gasteiger partial charge in [0.2, 0.25) is 0 Å². The first kappa shape index (κ1) is 14.5. The van der Waals surface area contributed by atoms with E-state index in [0.29, 0.717) is 6.54 Å². The smallest absolute Gasteiger partial charge is 0.0914 e. The number of aliphatic hydroxyl groups is 1. The fourth-order valence-corrected chi connectivity index (χ4v) is 2.08. The van der Waals surface area contributed by atoms with Crippen LogP contribution < -0.4 is 5.32 Å². The monoisotopic (exact) mass is 267 g/mol. The molecule has 0 saturated heterocycles. The number of hydrogen-bond donors (Lipinski definition) is 2. The molecule has 0 aromatic heterocycles. The van der Waals surface area contributed by atoms with Crippen LogP contribution >= 0.6 is 0 Å². The summed E-state index contributed by atoms with van der Waals surface area (Å²) >= 11 is 0. The molecule has 2 heteroatoms. The fourth-order valence-electron chi connectivity index (χ4n) is 2.08. The molecule has 2 aromatic carbocycles. The van der Waals surface area contributed by atoms with Crippen LogP contribution in [0.25, 0.3) is 6.08 Å². The van der Waals surface area contributed by atoms with Crippen LogP contribution in [0.2, 0.25) is 0 Å². The zero-order valence-electron chi connectivity index (χ0n) is 11.6. The molecule has 1 atom stereocenters. The molecule has 0 radical (unpaired) electrons. The van der Waals surface area contributed by atoms with Crippen molar-refractivity contribution >= 4 is 6.08 Å². The third-order valence-electron chi connectivity index (χ3n) is 3.33. The molecule has 2 N–H and O–H groups in total. The van der Waals surface area contributed by atoms with Gasteiger partial charge in [0.1, 0.15) is 0 Å². The first-order valence-electron chi connectivity index (χ1n) is 6.94. The van der Waals surface area contributed by atoms with Gasteiger partial charge in [0, 0.05) is 6.54 Å². The molecule has 20 heavy (non-hydrogen) atoms. The highest BCUT2D eigenvalue weighted by Crippen LogP contribution is 2.10. The van der Waals surface area contributed by atoms with E-state index >= 15 is 0 Å². The molecular weight excluding hydrogens is 246 g/mol. The fraction of sp³-hybridized carbons (Fsp3) is 0.222. The molecule has 0 spiro atoms. The van der Waals surface area contributed by atoms with Crippen molar-refractivity contribution in [2.75, 3.05) is 13.1 Å². The van der Waals surface area contributed by atoms with Gasteiger partial charge in [-0.3, -0.25) is 0 Å². The molecule has 104 valence electrons. The first-order chi connectivity index (χ1) is 9.79. The predicted molar refractivity (Wildman–Crippen MR) is 84.5 cm³/mol. The second-order valence-electron chi connectivity index (χ2n) is 4.83. The second-order valence-corrected chi connectivity index (χ2v) is 4.83. The number of aliphatic hydroxyl groups excluding tert-OH is 1. The summed E-state index contributed by atoms with van der Waals surface area (Å²) in [6, 6.07) is 18.1. The molecule has 0 aliphatic carbocycles. The SMILES string of the molecule is C=Cc1ccc(CCNCC(O)c2ccccc2)cc1. The van der Waals surface area contributed by atoms with Crippen molar-refractivity contribution in [3.63, 3.8) is 0 Å². The Morgan fingerprint density at radius 3 is 2.40 bits per heavy atom. The van der Waals surface area contributed by atoms with E-state index in [-0.39, 0.29) is 0 Å². The molecule has 0 bridgehead atoms. The number of benzene rings is 2. The predicted octanol–water partition coefficient (Wildman–Crippen LogP) is 3.20. The van der Waals surface area contributed by atoms with Gasteiger partial charge in [-0.1, -0.05) is 67.3 Å². The summed E-state index contributed by atoms with van der Waals surface area (Å²) in [5, 5.41) is 13.3. The molecule has 2 nitrogen and oxygen atoms in total. The zero-order valence-corrected chi connectivity index (χ0v) is 11.6. The van der Waals surface area contributed by atoms with Crippen molar-refractivity contribution in [2.45, 2.75) is 12.5 Å². The topological polar surface area (TPSA) is 32.3 Å². The van der Waals surface area contributed by atoms with Crippen LogP contribution in [-0.2, 0) is 6.42 Å². The third-order valence-corrected chi connectivity index (χ3v) is 3.33. The van der Waals surface area contributed by atoms with E-state index in [1.54, 1.807) is 0 Å². The number of nitrogens with one attached hydrogen (secondary N) is 1. The summed E-state index contributed by atoms with van der Waals surface area (Å²) in [5.74, 6) is 0. The van der Waals surface area contributed by atoms with E-state index < -0.39 is 6.10 Å². The molecule has 2 aromatic rings. The largest absolute Gasteiger partial charge is 0.387 e. The Bertz CT molecular complexity index is 519. The Labute approximate surface area is 120 Å². The summed E-state index contributed by atoms with van der Waals surface area (Å²) in [6.45, 7) is 5.18. The molecule has 0 amide bonds. The lowest BCUT2D eigenvalue weighted by Crippen LogP contribution is -2.23. The van der Waals surface area contributed by atoms with Crippen molar-refractivity contribution in [1.82, 2.24) is 5.32 Å². The van der Waals surface area contributed by atoms with Crippen LogP contribution in [0.3, 0.4) is 0 Å². The molecule has 1 unspecified atom stereocenters. The van der Waals surface area contributed by atoms with Gasteiger partial charge >= 0.3 is 0 Å². The number of hydrogen-bond acceptors (Lipinski definition) is 2. The maximum Gasteiger partial charge on any atom is 0.0914 e. The van der Waals surface area contributed by atoms with Crippen molar-refractivity contribution in [1.29, 1.82) is 0 Å². The van der Waals surface area contributed by atoms with Gasteiger partial charge in [0.15, 0.2) is 0 Å². The zero-order chi connectivity index (χ0) is 14.2. The minimum absolute atomic E-state index is 0.445. The lowest BCUT2D eigenvalue weighted by atomic mass is 10.1. The molecule has 0 aliphatic rings. The van der Waals surface area contributed by atoms with Gasteiger partial charge in [-0.2, -0.15) is 0 Å². The average molecular weight is 267 g/mol. The normalized spacial score (nSPS) is 12.1. The van der Waals surface area contributed by atoms with Gasteiger partial charge in [-0.15, -0.1) is 0 Å². The minimum Gasteiger partial charge on any atom is -0.387 e. The highest BCUT2D eigenvalue weighted by atomic mass is 16.3. The van der Waals surface area contributed by atoms with Crippen LogP contribution in [-0.4, -0.2) is 18.2 Å². The van der Waals surface area contributed by atoms with E-state index in [1.807, 2.05) is 36.4 Å². The van der Waals surface area contributed by atoms with Gasteiger partial charge in [-0.25, -0.2) is 0 Å². The van der Waals surface area contributed by atoms with Crippen LogP contribution in [0.4, 0.5) is 0 Å². The van der Waals surface area contributed by atoms with Gasteiger partial charge < -0.3 is 10.4 Å². The Hall–Kier alpha value is -1.90. The third kappa shape index (κ3) is 4.34. The lowest BCUT2D eigenvalue weighted by molar-refractivity contribution is 0.175. The van der Waals surface area contributed by atoms with E-state index in [1.165, 1.54) is 5.56 Å². The summed E-state index contributed by atoms with van der Waals surface area (Å²) in [6.07, 6.45) is 2.36. The van der Waals surface area contributed by atoms with Crippen LogP contribution in [0, 0.1) is 0 Å². The summed E-state index contributed by atoms with van der Waals surface area (Å²) < 4.78 is 0. The van der Waals surface area contributed by atoms with Crippen molar-refractivity contribution < 1.29 is 5.11 Å². The summed E-state index contributed by atoms with van der Waals surface area (Å²) in [4.78, 5) is 0. The van der Waals surface area contributed by atoms with Crippen molar-refractivity contribution in [2.24, 2.45) is 0 Å². The average Bonchev–Trinajstić information content (AvgIpc) is 2.53. The molecule has 0 heterocycles.